The van der Waals surface area contributed by atoms with Crippen molar-refractivity contribution in [3.8, 4) is 5.75 Å². The normalized spacial score (nSPS) is 13.8. The van der Waals surface area contributed by atoms with Crippen LogP contribution < -0.4 is 15.4 Å². The number of rotatable bonds is 8. The first-order valence-electron chi connectivity index (χ1n) is 10.2. The largest absolute Gasteiger partial charge is 0.497 e. The molecule has 0 heterocycles. The van der Waals surface area contributed by atoms with Gasteiger partial charge in [-0.1, -0.05) is 42.5 Å². The third-order valence-electron chi connectivity index (χ3n) is 4.98. The molecule has 3 aromatic rings. The summed E-state index contributed by atoms with van der Waals surface area (Å²) in [5.74, 6) is 0.761. The summed E-state index contributed by atoms with van der Waals surface area (Å²) >= 11 is 1.45. The fourth-order valence-electron chi connectivity index (χ4n) is 3.18. The van der Waals surface area contributed by atoms with Crippen LogP contribution in [0.1, 0.15) is 23.7 Å². The van der Waals surface area contributed by atoms with E-state index in [-0.39, 0.29) is 17.7 Å². The van der Waals surface area contributed by atoms with E-state index < -0.39 is 5.25 Å². The number of thioether (sulfide) groups is 1. The Morgan fingerprint density at radius 3 is 2.32 bits per heavy atom. The van der Waals surface area contributed by atoms with Crippen molar-refractivity contribution in [2.75, 3.05) is 17.7 Å². The van der Waals surface area contributed by atoms with Crippen LogP contribution in [-0.4, -0.2) is 18.9 Å². The highest BCUT2D eigenvalue weighted by atomic mass is 32.2. The third kappa shape index (κ3) is 5.67. The topological polar surface area (TPSA) is 67.4 Å². The minimum atomic E-state index is -0.457. The van der Waals surface area contributed by atoms with Crippen LogP contribution in [0.2, 0.25) is 0 Å². The minimum absolute atomic E-state index is 0.0672. The van der Waals surface area contributed by atoms with Crippen molar-refractivity contribution in [1.82, 2.24) is 0 Å². The van der Waals surface area contributed by atoms with Crippen LogP contribution in [0.5, 0.6) is 5.75 Å². The van der Waals surface area contributed by atoms with E-state index in [2.05, 4.69) is 10.6 Å². The quantitative estimate of drug-likeness (QED) is 0.460. The molecule has 1 aliphatic rings. The highest BCUT2D eigenvalue weighted by Crippen LogP contribution is 2.38. The summed E-state index contributed by atoms with van der Waals surface area (Å²) in [6, 6.07) is 24.6. The maximum Gasteiger partial charge on any atom is 0.242 e. The summed E-state index contributed by atoms with van der Waals surface area (Å²) in [4.78, 5) is 26.2. The minimum Gasteiger partial charge on any atom is -0.497 e. The maximum atomic E-state index is 13.2. The monoisotopic (exact) mass is 432 g/mol. The van der Waals surface area contributed by atoms with E-state index in [9.17, 15) is 9.59 Å². The van der Waals surface area contributed by atoms with Gasteiger partial charge >= 0.3 is 0 Å². The lowest BCUT2D eigenvalue weighted by atomic mass is 10.1. The number of hydrogen-bond acceptors (Lipinski definition) is 4. The molecule has 0 saturated heterocycles. The number of methoxy groups -OCH3 is 1. The number of carbonyl (C=O) groups excluding carboxylic acids is 2. The van der Waals surface area contributed by atoms with Gasteiger partial charge in [-0.15, -0.1) is 11.8 Å². The number of benzene rings is 3. The van der Waals surface area contributed by atoms with Crippen molar-refractivity contribution in [2.24, 2.45) is 5.92 Å². The molecule has 0 radical (unpaired) electrons. The third-order valence-corrected chi connectivity index (χ3v) is 6.23. The van der Waals surface area contributed by atoms with Crippen LogP contribution in [0.15, 0.2) is 83.8 Å². The lowest BCUT2D eigenvalue weighted by Crippen LogP contribution is -2.19. The lowest BCUT2D eigenvalue weighted by molar-refractivity contribution is -0.117. The van der Waals surface area contributed by atoms with Crippen molar-refractivity contribution >= 4 is 35.0 Å². The van der Waals surface area contributed by atoms with Gasteiger partial charge in [-0.3, -0.25) is 9.59 Å². The Kier molecular flexibility index (Phi) is 6.57. The highest BCUT2D eigenvalue weighted by Gasteiger charge is 2.29. The molecule has 0 spiro atoms. The first-order chi connectivity index (χ1) is 15.1. The number of ether oxygens (including phenoxy) is 1. The van der Waals surface area contributed by atoms with Crippen LogP contribution >= 0.6 is 11.8 Å². The zero-order valence-electron chi connectivity index (χ0n) is 17.2. The summed E-state index contributed by atoms with van der Waals surface area (Å²) < 4.78 is 5.25. The standard InChI is InChI=1S/C25H24N2O3S/c1-30-21-11-5-9-19(15-21)27-25(29)23(17-7-3-2-4-8-17)31-22-12-6-10-20(16-22)26-24(28)18-13-14-18/h2-12,15-16,18,23H,13-14H2,1H3,(H,26,28)(H,27,29). The first kappa shape index (κ1) is 21.0. The molecule has 1 atom stereocenters. The number of anilines is 2. The SMILES string of the molecule is COc1cccc(NC(=O)C(Sc2cccc(NC(=O)C3CC3)c2)c2ccccc2)c1. The number of carbonyl (C=O) groups is 2. The van der Waals surface area contributed by atoms with Gasteiger partial charge in [0.25, 0.3) is 0 Å². The second kappa shape index (κ2) is 9.71. The van der Waals surface area contributed by atoms with Gasteiger partial charge in [0.2, 0.25) is 11.8 Å². The molecule has 158 valence electrons. The zero-order valence-corrected chi connectivity index (χ0v) is 18.0. The van der Waals surface area contributed by atoms with Crippen molar-refractivity contribution in [3.05, 3.63) is 84.4 Å². The van der Waals surface area contributed by atoms with E-state index >= 15 is 0 Å². The molecule has 6 heteroatoms. The van der Waals surface area contributed by atoms with Gasteiger partial charge in [0, 0.05) is 28.3 Å². The second-order valence-corrected chi connectivity index (χ2v) is 8.60. The van der Waals surface area contributed by atoms with Gasteiger partial charge in [-0.05, 0) is 48.7 Å². The van der Waals surface area contributed by atoms with Gasteiger partial charge < -0.3 is 15.4 Å². The zero-order chi connectivity index (χ0) is 21.6. The average Bonchev–Trinajstić information content (AvgIpc) is 3.64. The molecular formula is C25H24N2O3S. The molecule has 0 aliphatic heterocycles. The van der Waals surface area contributed by atoms with E-state index in [1.54, 1.807) is 13.2 Å². The Morgan fingerprint density at radius 2 is 1.61 bits per heavy atom. The molecule has 5 nitrogen and oxygen atoms in total. The molecule has 2 amide bonds. The van der Waals surface area contributed by atoms with Crippen molar-refractivity contribution in [2.45, 2.75) is 23.0 Å². The lowest BCUT2D eigenvalue weighted by Gasteiger charge is -2.18. The molecule has 1 aliphatic carbocycles. The van der Waals surface area contributed by atoms with Gasteiger partial charge in [0.05, 0.1) is 7.11 Å². The molecule has 31 heavy (non-hydrogen) atoms. The predicted molar refractivity (Wildman–Crippen MR) is 124 cm³/mol. The van der Waals surface area contributed by atoms with Crippen molar-refractivity contribution in [3.63, 3.8) is 0 Å². The first-order valence-corrected chi connectivity index (χ1v) is 11.1. The Bertz CT molecular complexity index is 1070. The molecule has 4 rings (SSSR count). The molecule has 0 aromatic heterocycles. The summed E-state index contributed by atoms with van der Waals surface area (Å²) in [7, 11) is 1.60. The molecule has 3 aromatic carbocycles. The Morgan fingerprint density at radius 1 is 0.903 bits per heavy atom. The second-order valence-electron chi connectivity index (χ2n) is 7.42. The van der Waals surface area contributed by atoms with E-state index in [1.165, 1.54) is 11.8 Å². The number of nitrogens with one attached hydrogen (secondary N) is 2. The maximum absolute atomic E-state index is 13.2. The van der Waals surface area contributed by atoms with E-state index in [1.807, 2.05) is 72.8 Å². The van der Waals surface area contributed by atoms with Crippen LogP contribution in [-0.2, 0) is 9.59 Å². The Hall–Kier alpha value is -3.25. The van der Waals surface area contributed by atoms with Gasteiger partial charge in [0.15, 0.2) is 0 Å². The summed E-state index contributed by atoms with van der Waals surface area (Å²) in [6.07, 6.45) is 1.92. The van der Waals surface area contributed by atoms with E-state index in [4.69, 9.17) is 4.74 Å². The van der Waals surface area contributed by atoms with Gasteiger partial charge in [0.1, 0.15) is 11.0 Å². The van der Waals surface area contributed by atoms with Gasteiger partial charge in [-0.25, -0.2) is 0 Å². The van der Waals surface area contributed by atoms with Crippen LogP contribution in [0.25, 0.3) is 0 Å². The number of hydrogen-bond donors (Lipinski definition) is 2. The molecule has 1 saturated carbocycles. The van der Waals surface area contributed by atoms with Crippen LogP contribution in [0.3, 0.4) is 0 Å². The Labute approximate surface area is 186 Å². The summed E-state index contributed by atoms with van der Waals surface area (Å²) in [6.45, 7) is 0. The van der Waals surface area contributed by atoms with Crippen LogP contribution in [0, 0.1) is 5.92 Å². The molecule has 1 fully saturated rings. The molecular weight excluding hydrogens is 408 g/mol. The molecule has 0 bridgehead atoms. The van der Waals surface area contributed by atoms with E-state index in [0.29, 0.717) is 11.4 Å². The fourth-order valence-corrected chi connectivity index (χ4v) is 4.27. The average molecular weight is 433 g/mol. The number of amides is 2. The summed E-state index contributed by atoms with van der Waals surface area (Å²) in [5, 5.41) is 5.51. The Balaban J connectivity index is 1.54. The molecule has 1 unspecified atom stereocenters. The highest BCUT2D eigenvalue weighted by molar-refractivity contribution is 8.00. The van der Waals surface area contributed by atoms with Crippen LogP contribution in [0.4, 0.5) is 11.4 Å². The van der Waals surface area contributed by atoms with Gasteiger partial charge in [-0.2, -0.15) is 0 Å². The smallest absolute Gasteiger partial charge is 0.242 e. The molecule has 2 N–H and O–H groups in total. The van der Waals surface area contributed by atoms with Crippen molar-refractivity contribution in [1.29, 1.82) is 0 Å². The van der Waals surface area contributed by atoms with Crippen molar-refractivity contribution < 1.29 is 14.3 Å². The van der Waals surface area contributed by atoms with E-state index in [0.717, 1.165) is 29.0 Å². The fraction of sp³-hybridized carbons (Fsp3) is 0.200. The predicted octanol–water partition coefficient (Wildman–Crippen LogP) is 5.52. The summed E-state index contributed by atoms with van der Waals surface area (Å²) in [5.41, 5.74) is 2.33.